The van der Waals surface area contributed by atoms with Crippen molar-refractivity contribution in [3.05, 3.63) is 11.6 Å². The maximum atomic E-state index is 12.9. The molecule has 0 aliphatic carbocycles. The Morgan fingerprint density at radius 3 is 2.73 bits per heavy atom. The minimum atomic E-state index is -0.312. The number of rotatable bonds is 1. The number of aliphatic imine (C=N–C) groups is 1. The topological polar surface area (TPSA) is 27.6 Å². The van der Waals surface area contributed by atoms with Gasteiger partial charge in [0.2, 0.25) is 0 Å². The van der Waals surface area contributed by atoms with Crippen LogP contribution in [0.2, 0.25) is 0 Å². The van der Waals surface area contributed by atoms with E-state index in [4.69, 9.17) is 0 Å². The van der Waals surface area contributed by atoms with Gasteiger partial charge in [-0.05, 0) is 6.92 Å². The zero-order chi connectivity index (χ0) is 8.43. The van der Waals surface area contributed by atoms with Gasteiger partial charge in [-0.2, -0.15) is 0 Å². The molecule has 0 aromatic heterocycles. The molecule has 1 rings (SSSR count). The predicted octanol–water partition coefficient (Wildman–Crippen LogP) is 0.707. The number of allylic oxidation sites excluding steroid dienone is 1. The predicted molar refractivity (Wildman–Crippen MR) is 42.9 cm³/mol. The smallest absolute Gasteiger partial charge is 0.181 e. The van der Waals surface area contributed by atoms with Crippen LogP contribution in [0.3, 0.4) is 0 Å². The molecule has 3 nitrogen and oxygen atoms in total. The Morgan fingerprint density at radius 1 is 1.64 bits per heavy atom. The van der Waals surface area contributed by atoms with E-state index in [2.05, 4.69) is 10.3 Å². The Bertz CT molecular complexity index is 208. The molecule has 0 amide bonds. The van der Waals surface area contributed by atoms with E-state index in [-0.39, 0.29) is 12.0 Å². The molecule has 1 atom stereocenters. The van der Waals surface area contributed by atoms with Crippen molar-refractivity contribution in [3.63, 3.8) is 0 Å². The van der Waals surface area contributed by atoms with Crippen molar-refractivity contribution < 1.29 is 4.39 Å². The van der Waals surface area contributed by atoms with Crippen LogP contribution in [0.5, 0.6) is 0 Å². The second-order valence-corrected chi connectivity index (χ2v) is 2.69. The number of halogens is 1. The van der Waals surface area contributed by atoms with Crippen LogP contribution in [-0.4, -0.2) is 31.4 Å². The van der Waals surface area contributed by atoms with Crippen LogP contribution in [0.15, 0.2) is 16.6 Å². The van der Waals surface area contributed by atoms with Crippen molar-refractivity contribution in [2.24, 2.45) is 4.99 Å². The number of hydrogen-bond acceptors (Lipinski definition) is 3. The van der Waals surface area contributed by atoms with Crippen LogP contribution in [0.1, 0.15) is 6.92 Å². The van der Waals surface area contributed by atoms with Crippen LogP contribution < -0.4 is 5.32 Å². The highest BCUT2D eigenvalue weighted by Gasteiger charge is 2.13. The molecule has 1 aliphatic heterocycles. The Hall–Kier alpha value is -1.06. The van der Waals surface area contributed by atoms with Gasteiger partial charge in [0.15, 0.2) is 5.83 Å². The summed E-state index contributed by atoms with van der Waals surface area (Å²) in [5.41, 5.74) is 0. The van der Waals surface area contributed by atoms with Crippen molar-refractivity contribution in [2.75, 3.05) is 14.1 Å². The van der Waals surface area contributed by atoms with Gasteiger partial charge in [0.1, 0.15) is 12.0 Å². The second-order valence-electron chi connectivity index (χ2n) is 2.69. The van der Waals surface area contributed by atoms with Gasteiger partial charge in [0, 0.05) is 14.1 Å². The molecule has 0 saturated heterocycles. The van der Waals surface area contributed by atoms with E-state index < -0.39 is 0 Å². The van der Waals surface area contributed by atoms with Crippen LogP contribution >= 0.6 is 0 Å². The highest BCUT2D eigenvalue weighted by atomic mass is 19.1. The number of nitrogens with zero attached hydrogens (tertiary/aromatic N) is 2. The highest BCUT2D eigenvalue weighted by molar-refractivity contribution is 5.77. The highest BCUT2D eigenvalue weighted by Crippen LogP contribution is 2.09. The lowest BCUT2D eigenvalue weighted by molar-refractivity contribution is 0.406. The summed E-state index contributed by atoms with van der Waals surface area (Å²) in [4.78, 5) is 5.54. The fourth-order valence-electron chi connectivity index (χ4n) is 0.885. The van der Waals surface area contributed by atoms with Gasteiger partial charge in [-0.3, -0.25) is 4.99 Å². The molecule has 0 bridgehead atoms. The van der Waals surface area contributed by atoms with Crippen molar-refractivity contribution >= 4 is 6.21 Å². The average Bonchev–Trinajstić information content (AvgIpc) is 1.94. The molecule has 0 fully saturated rings. The molecule has 1 aliphatic rings. The van der Waals surface area contributed by atoms with Gasteiger partial charge < -0.3 is 10.2 Å². The molecular formula is C7H12FN3. The second kappa shape index (κ2) is 2.90. The molecule has 0 aromatic carbocycles. The van der Waals surface area contributed by atoms with Gasteiger partial charge in [0.25, 0.3) is 0 Å². The largest absolute Gasteiger partial charge is 0.362 e. The lowest BCUT2D eigenvalue weighted by Gasteiger charge is -2.24. The van der Waals surface area contributed by atoms with Gasteiger partial charge in [0.05, 0.1) is 6.21 Å². The maximum absolute atomic E-state index is 12.9. The summed E-state index contributed by atoms with van der Waals surface area (Å²) in [5, 5.41) is 2.90. The van der Waals surface area contributed by atoms with Crippen molar-refractivity contribution in [1.29, 1.82) is 0 Å². The Labute approximate surface area is 65.6 Å². The summed E-state index contributed by atoms with van der Waals surface area (Å²) < 4.78 is 12.9. The molecule has 0 radical (unpaired) electrons. The van der Waals surface area contributed by atoms with Gasteiger partial charge >= 0.3 is 0 Å². The summed E-state index contributed by atoms with van der Waals surface area (Å²) in [6, 6.07) is 0. The summed E-state index contributed by atoms with van der Waals surface area (Å²) in [5.74, 6) is 0.181. The van der Waals surface area contributed by atoms with E-state index in [9.17, 15) is 4.39 Å². The lowest BCUT2D eigenvalue weighted by Crippen LogP contribution is -2.35. The quantitative estimate of drug-likeness (QED) is 0.607. The average molecular weight is 157 g/mol. The van der Waals surface area contributed by atoms with Crippen LogP contribution in [0.4, 0.5) is 4.39 Å². The Balaban J connectivity index is 2.81. The van der Waals surface area contributed by atoms with Crippen molar-refractivity contribution in [1.82, 2.24) is 10.2 Å². The van der Waals surface area contributed by atoms with E-state index in [1.807, 2.05) is 6.92 Å². The summed E-state index contributed by atoms with van der Waals surface area (Å²) in [6.07, 6.45) is 1.21. The van der Waals surface area contributed by atoms with Gasteiger partial charge in [-0.1, -0.05) is 0 Å². The van der Waals surface area contributed by atoms with E-state index >= 15 is 0 Å². The zero-order valence-corrected chi connectivity index (χ0v) is 6.93. The first-order chi connectivity index (χ1) is 5.11. The van der Waals surface area contributed by atoms with Crippen LogP contribution in [0.25, 0.3) is 0 Å². The van der Waals surface area contributed by atoms with Crippen LogP contribution in [-0.2, 0) is 0 Å². The third kappa shape index (κ3) is 1.69. The molecule has 62 valence electrons. The first-order valence-electron chi connectivity index (χ1n) is 3.48. The molecule has 11 heavy (non-hydrogen) atoms. The molecular weight excluding hydrogens is 145 g/mol. The van der Waals surface area contributed by atoms with Crippen LogP contribution in [0, 0.1) is 0 Å². The van der Waals surface area contributed by atoms with E-state index in [1.165, 1.54) is 6.21 Å². The molecule has 0 unspecified atom stereocenters. The third-order valence-electron chi connectivity index (χ3n) is 1.43. The molecule has 0 spiro atoms. The number of nitrogens with one attached hydrogen (secondary N) is 1. The zero-order valence-electron chi connectivity index (χ0n) is 6.93. The van der Waals surface area contributed by atoms with Gasteiger partial charge in [-0.15, -0.1) is 0 Å². The van der Waals surface area contributed by atoms with Gasteiger partial charge in [-0.25, -0.2) is 4.39 Å². The Kier molecular flexibility index (Phi) is 2.12. The monoisotopic (exact) mass is 157 g/mol. The fraction of sp³-hybridized carbons (Fsp3) is 0.571. The molecule has 1 heterocycles. The fourth-order valence-corrected chi connectivity index (χ4v) is 0.885. The molecule has 1 N–H and O–H groups in total. The van der Waals surface area contributed by atoms with Crippen molar-refractivity contribution in [3.8, 4) is 0 Å². The minimum Gasteiger partial charge on any atom is -0.362 e. The number of hydrogen-bond donors (Lipinski definition) is 1. The minimum absolute atomic E-state index is 0.0353. The third-order valence-corrected chi connectivity index (χ3v) is 1.43. The molecule has 0 aromatic rings. The summed E-state index contributed by atoms with van der Waals surface area (Å²) in [6.45, 7) is 1.87. The first-order valence-corrected chi connectivity index (χ1v) is 3.48. The normalized spacial score (nSPS) is 23.5. The SMILES string of the molecule is C[C@@H]1N=CC(F)=C(N(C)C)N1. The summed E-state index contributed by atoms with van der Waals surface area (Å²) in [7, 11) is 3.57. The first kappa shape index (κ1) is 8.04. The maximum Gasteiger partial charge on any atom is 0.181 e. The van der Waals surface area contributed by atoms with E-state index in [0.717, 1.165) is 0 Å². The lowest BCUT2D eigenvalue weighted by atomic mass is 10.4. The Morgan fingerprint density at radius 2 is 2.27 bits per heavy atom. The standard InChI is InChI=1S/C7H12FN3/c1-5-9-4-6(8)7(10-5)11(2)3/h4-5,10H,1-3H3/t5-/m1/s1. The van der Waals surface area contributed by atoms with E-state index in [1.54, 1.807) is 19.0 Å². The summed E-state index contributed by atoms with van der Waals surface area (Å²) >= 11 is 0. The molecule has 0 saturated carbocycles. The molecule has 4 heteroatoms. The van der Waals surface area contributed by atoms with E-state index in [0.29, 0.717) is 5.82 Å². The van der Waals surface area contributed by atoms with Crippen molar-refractivity contribution in [2.45, 2.75) is 13.1 Å².